The number of aliphatic imine (C=N–C) groups is 1. The van der Waals surface area contributed by atoms with Crippen LogP contribution in [0.4, 0.5) is 18.9 Å². The van der Waals surface area contributed by atoms with Gasteiger partial charge in [0.05, 0.1) is 22.5 Å². The van der Waals surface area contributed by atoms with Gasteiger partial charge in [0, 0.05) is 22.7 Å². The standard InChI is InChI=1S/C23H13ClF3NO4S/c24-33(31,32)20-10-13(5-7-17(20)27)22(29)21(19-9-12-3-1-2-4-18(12)28-19)23(30)15-11-14(25)6-8-16(15)26/h1-8,10-11,29H,9H2. The van der Waals surface area contributed by atoms with E-state index in [0.29, 0.717) is 17.3 Å². The van der Waals surface area contributed by atoms with Crippen molar-refractivity contribution < 1.29 is 31.5 Å². The molecule has 0 saturated heterocycles. The van der Waals surface area contributed by atoms with Gasteiger partial charge >= 0.3 is 0 Å². The van der Waals surface area contributed by atoms with Gasteiger partial charge in [-0.05, 0) is 48.0 Å². The number of ketones is 1. The molecule has 0 fully saturated rings. The Labute approximate surface area is 190 Å². The number of Topliss-reactive ketones (excluding diaryl/α,β-unsaturated/α-hetero) is 1. The fraction of sp³-hybridized carbons (Fsp3) is 0.0435. The number of allylic oxidation sites excluding steroid dienone is 1. The van der Waals surface area contributed by atoms with Crippen LogP contribution in [0.3, 0.4) is 0 Å². The minimum absolute atomic E-state index is 0.0435. The fourth-order valence-electron chi connectivity index (χ4n) is 3.44. The average molecular weight is 492 g/mol. The Kier molecular flexibility index (Phi) is 5.85. The molecule has 1 heterocycles. The van der Waals surface area contributed by atoms with Crippen molar-refractivity contribution in [3.05, 3.63) is 100 Å². The first-order valence-corrected chi connectivity index (χ1v) is 11.7. The average Bonchev–Trinajstić information content (AvgIpc) is 3.18. The third kappa shape index (κ3) is 4.42. The van der Waals surface area contributed by atoms with Gasteiger partial charge in [-0.15, -0.1) is 0 Å². The van der Waals surface area contributed by atoms with Gasteiger partial charge in [-0.3, -0.25) is 9.79 Å². The summed E-state index contributed by atoms with van der Waals surface area (Å²) in [5.74, 6) is -4.97. The first-order chi connectivity index (χ1) is 15.6. The minimum atomic E-state index is -4.52. The number of hydrogen-bond acceptors (Lipinski definition) is 5. The largest absolute Gasteiger partial charge is 0.506 e. The van der Waals surface area contributed by atoms with Crippen molar-refractivity contribution in [3.63, 3.8) is 0 Å². The first kappa shape index (κ1) is 22.8. The molecule has 4 rings (SSSR count). The predicted molar refractivity (Wildman–Crippen MR) is 117 cm³/mol. The summed E-state index contributed by atoms with van der Waals surface area (Å²) in [7, 11) is 0.733. The third-order valence-corrected chi connectivity index (χ3v) is 6.33. The topological polar surface area (TPSA) is 83.8 Å². The lowest BCUT2D eigenvalue weighted by atomic mass is 9.93. The summed E-state index contributed by atoms with van der Waals surface area (Å²) >= 11 is 0. The van der Waals surface area contributed by atoms with E-state index >= 15 is 0 Å². The van der Waals surface area contributed by atoms with E-state index < -0.39 is 54.1 Å². The van der Waals surface area contributed by atoms with Crippen molar-refractivity contribution in [1.29, 1.82) is 0 Å². The minimum Gasteiger partial charge on any atom is -0.506 e. The normalized spacial score (nSPS) is 13.9. The molecule has 1 aliphatic heterocycles. The summed E-state index contributed by atoms with van der Waals surface area (Å²) in [5, 5.41) is 11.0. The molecule has 0 aliphatic carbocycles. The molecule has 0 atom stereocenters. The van der Waals surface area contributed by atoms with Crippen LogP contribution in [0.5, 0.6) is 0 Å². The number of halogens is 4. The first-order valence-electron chi connectivity index (χ1n) is 9.39. The van der Waals surface area contributed by atoms with E-state index in [1.165, 1.54) is 0 Å². The lowest BCUT2D eigenvalue weighted by Crippen LogP contribution is -2.18. The van der Waals surface area contributed by atoms with Crippen LogP contribution in [0.1, 0.15) is 21.5 Å². The van der Waals surface area contributed by atoms with Crippen LogP contribution in [-0.4, -0.2) is 25.0 Å². The van der Waals surface area contributed by atoms with Crippen LogP contribution in [0.2, 0.25) is 0 Å². The van der Waals surface area contributed by atoms with Crippen LogP contribution < -0.4 is 0 Å². The van der Waals surface area contributed by atoms with E-state index in [9.17, 15) is 31.5 Å². The van der Waals surface area contributed by atoms with Crippen molar-refractivity contribution in [2.45, 2.75) is 11.3 Å². The molecule has 168 valence electrons. The Bertz CT molecular complexity index is 1480. The number of para-hydroxylation sites is 1. The van der Waals surface area contributed by atoms with Crippen molar-refractivity contribution >= 4 is 42.7 Å². The second-order valence-electron chi connectivity index (χ2n) is 7.12. The van der Waals surface area contributed by atoms with Crippen LogP contribution >= 0.6 is 10.7 Å². The molecule has 0 saturated carbocycles. The zero-order valence-corrected chi connectivity index (χ0v) is 18.1. The van der Waals surface area contributed by atoms with E-state index in [4.69, 9.17) is 10.7 Å². The van der Waals surface area contributed by atoms with Crippen molar-refractivity contribution in [1.82, 2.24) is 0 Å². The Morgan fingerprint density at radius 3 is 2.36 bits per heavy atom. The molecule has 1 aliphatic rings. The molecule has 0 spiro atoms. The van der Waals surface area contributed by atoms with Gasteiger partial charge in [0.1, 0.15) is 28.1 Å². The molecular formula is C23H13ClF3NO4S. The van der Waals surface area contributed by atoms with E-state index in [1.807, 2.05) is 0 Å². The zero-order chi connectivity index (χ0) is 23.9. The number of rotatable bonds is 5. The van der Waals surface area contributed by atoms with Gasteiger partial charge in [0.2, 0.25) is 5.78 Å². The maximum absolute atomic E-state index is 14.4. The number of aliphatic hydroxyl groups is 1. The number of aliphatic hydroxyl groups excluding tert-OH is 1. The molecule has 0 aromatic heterocycles. The SMILES string of the molecule is O=C(C(C1=Nc2ccccc2C1)=C(O)c1ccc(F)c(S(=O)(=O)Cl)c1)c1cc(F)ccc1F. The van der Waals surface area contributed by atoms with Crippen LogP contribution in [0, 0.1) is 17.5 Å². The number of nitrogens with zero attached hydrogens (tertiary/aromatic N) is 1. The highest BCUT2D eigenvalue weighted by atomic mass is 35.7. The number of hydrogen-bond donors (Lipinski definition) is 1. The highest BCUT2D eigenvalue weighted by molar-refractivity contribution is 8.13. The maximum atomic E-state index is 14.4. The van der Waals surface area contributed by atoms with Crippen molar-refractivity contribution in [3.8, 4) is 0 Å². The molecule has 0 bridgehead atoms. The molecule has 10 heteroatoms. The van der Waals surface area contributed by atoms with Crippen LogP contribution in [0.25, 0.3) is 5.76 Å². The Hall–Kier alpha value is -3.43. The van der Waals surface area contributed by atoms with E-state index in [2.05, 4.69) is 4.99 Å². The summed E-state index contributed by atoms with van der Waals surface area (Å²) in [6.45, 7) is 0. The maximum Gasteiger partial charge on any atom is 0.264 e. The smallest absolute Gasteiger partial charge is 0.264 e. The van der Waals surface area contributed by atoms with Crippen LogP contribution in [0.15, 0.2) is 76.1 Å². The number of carbonyl (C=O) groups excluding carboxylic acids is 1. The zero-order valence-electron chi connectivity index (χ0n) is 16.5. The highest BCUT2D eigenvalue weighted by Gasteiger charge is 2.30. The monoisotopic (exact) mass is 491 g/mol. The molecule has 5 nitrogen and oxygen atoms in total. The number of fused-ring (bicyclic) bond motifs is 1. The van der Waals surface area contributed by atoms with Crippen molar-refractivity contribution in [2.24, 2.45) is 4.99 Å². The number of carbonyl (C=O) groups is 1. The van der Waals surface area contributed by atoms with E-state index in [-0.39, 0.29) is 17.7 Å². The van der Waals surface area contributed by atoms with Gasteiger partial charge < -0.3 is 5.11 Å². The molecule has 1 N–H and O–H groups in total. The lowest BCUT2D eigenvalue weighted by Gasteiger charge is -2.12. The predicted octanol–water partition coefficient (Wildman–Crippen LogP) is 5.51. The Balaban J connectivity index is 1.95. The summed E-state index contributed by atoms with van der Waals surface area (Å²) in [6.07, 6.45) is 0.0834. The third-order valence-electron chi connectivity index (χ3n) is 5.00. The molecule has 0 amide bonds. The molecule has 3 aromatic carbocycles. The van der Waals surface area contributed by atoms with E-state index in [0.717, 1.165) is 30.3 Å². The molecular weight excluding hydrogens is 479 g/mol. The molecule has 0 radical (unpaired) electrons. The lowest BCUT2D eigenvalue weighted by molar-refractivity contribution is 0.103. The van der Waals surface area contributed by atoms with Crippen molar-refractivity contribution in [2.75, 3.05) is 0 Å². The Morgan fingerprint density at radius 2 is 1.67 bits per heavy atom. The molecule has 33 heavy (non-hydrogen) atoms. The summed E-state index contributed by atoms with van der Waals surface area (Å²) in [5.41, 5.74) is -0.166. The molecule has 0 unspecified atom stereocenters. The fourth-order valence-corrected chi connectivity index (χ4v) is 4.37. The van der Waals surface area contributed by atoms with Crippen LogP contribution in [-0.2, 0) is 15.5 Å². The van der Waals surface area contributed by atoms with Gasteiger partial charge in [0.15, 0.2) is 0 Å². The quantitative estimate of drug-likeness (QED) is 0.221. The van der Waals surface area contributed by atoms with Gasteiger partial charge in [-0.25, -0.2) is 21.6 Å². The summed E-state index contributed by atoms with van der Waals surface area (Å²) < 4.78 is 65.5. The highest BCUT2D eigenvalue weighted by Crippen LogP contribution is 2.33. The second-order valence-corrected chi connectivity index (χ2v) is 9.66. The van der Waals surface area contributed by atoms with Gasteiger partial charge in [-0.1, -0.05) is 18.2 Å². The summed E-state index contributed by atoms with van der Waals surface area (Å²) in [6, 6.07) is 11.6. The Morgan fingerprint density at radius 1 is 0.970 bits per heavy atom. The van der Waals surface area contributed by atoms with E-state index in [1.54, 1.807) is 24.3 Å². The van der Waals surface area contributed by atoms with Gasteiger partial charge in [0.25, 0.3) is 9.05 Å². The molecule has 3 aromatic rings. The number of benzene rings is 3. The van der Waals surface area contributed by atoms with Gasteiger partial charge in [-0.2, -0.15) is 0 Å². The summed E-state index contributed by atoms with van der Waals surface area (Å²) in [4.78, 5) is 16.7. The second kappa shape index (κ2) is 8.49.